The molecule has 1 aromatic carbocycles. The highest BCUT2D eigenvalue weighted by atomic mass is 32.1. The van der Waals surface area contributed by atoms with Gasteiger partial charge in [-0.3, -0.25) is 34.2 Å². The molecule has 18 nitrogen and oxygen atoms in total. The number of nitrogens with zero attached hydrogens (tertiary/aromatic N) is 7. The number of thiazole rings is 1. The van der Waals surface area contributed by atoms with Gasteiger partial charge >= 0.3 is 18.1 Å². The number of ether oxygens (including phenoxy) is 4. The molecule has 4 aliphatic heterocycles. The van der Waals surface area contributed by atoms with Gasteiger partial charge < -0.3 is 33.7 Å². The number of hydrogen-bond donors (Lipinski definition) is 2. The van der Waals surface area contributed by atoms with Crippen LogP contribution in [-0.4, -0.2) is 147 Å². The number of carbonyl (C=O) groups is 5. The number of likely N-dealkylation sites (tertiary alicyclic amines) is 1. The summed E-state index contributed by atoms with van der Waals surface area (Å²) in [5, 5.41) is 8.09. The van der Waals surface area contributed by atoms with Crippen molar-refractivity contribution in [3.8, 4) is 22.5 Å². The summed E-state index contributed by atoms with van der Waals surface area (Å²) < 4.78 is 26.1. The Hall–Kier alpha value is -5.63. The van der Waals surface area contributed by atoms with Crippen LogP contribution in [0.2, 0.25) is 0 Å². The van der Waals surface area contributed by atoms with Crippen molar-refractivity contribution in [3.63, 3.8) is 0 Å². The van der Waals surface area contributed by atoms with Crippen molar-refractivity contribution >= 4 is 52.1 Å². The monoisotopic (exact) mass is 998 g/mol. The summed E-state index contributed by atoms with van der Waals surface area (Å²) in [5.74, 6) is -1.81. The van der Waals surface area contributed by atoms with Crippen LogP contribution >= 0.6 is 11.3 Å². The maximum atomic E-state index is 14.8. The van der Waals surface area contributed by atoms with Crippen molar-refractivity contribution in [1.29, 1.82) is 0 Å². The number of carbonyl (C=O) groups excluding carboxylic acids is 5. The number of likely N-dealkylation sites (N-methyl/N-ethyl adjacent to an activating group) is 1. The minimum Gasteiger partial charge on any atom is -0.464 e. The number of hydrazine groups is 1. The van der Waals surface area contributed by atoms with E-state index >= 15 is 0 Å². The molecule has 0 radical (unpaired) electrons. The predicted octanol–water partition coefficient (Wildman–Crippen LogP) is 6.95. The minimum atomic E-state index is -1.12. The zero-order valence-corrected chi connectivity index (χ0v) is 43.9. The number of rotatable bonds is 8. The molecule has 0 saturated carbocycles. The third-order valence-corrected chi connectivity index (χ3v) is 14.8. The summed E-state index contributed by atoms with van der Waals surface area (Å²) in [6.07, 6.45) is 3.20. The number of fused-ring (bicyclic) bond motifs is 6. The Morgan fingerprint density at radius 2 is 1.85 bits per heavy atom. The topological polar surface area (TPSA) is 190 Å². The smallest absolute Gasteiger partial charge is 0.410 e. The molecule has 1 spiro atoms. The lowest BCUT2D eigenvalue weighted by molar-refractivity contribution is -0.230. The van der Waals surface area contributed by atoms with E-state index in [0.29, 0.717) is 56.9 Å². The Morgan fingerprint density at radius 1 is 1.08 bits per heavy atom. The van der Waals surface area contributed by atoms with E-state index in [1.54, 1.807) is 46.0 Å². The van der Waals surface area contributed by atoms with Crippen molar-refractivity contribution in [1.82, 2.24) is 45.0 Å². The van der Waals surface area contributed by atoms with Crippen LogP contribution in [0, 0.1) is 11.3 Å². The third kappa shape index (κ3) is 10.6. The predicted molar refractivity (Wildman–Crippen MR) is 269 cm³/mol. The Morgan fingerprint density at radius 3 is 2.55 bits per heavy atom. The lowest BCUT2D eigenvalue weighted by atomic mass is 9.84. The molecule has 5 amide bonds. The number of nitrogens with one attached hydrogen (secondary N) is 2. The van der Waals surface area contributed by atoms with Crippen LogP contribution in [0.3, 0.4) is 0 Å². The summed E-state index contributed by atoms with van der Waals surface area (Å²) in [5.41, 5.74) is 7.45. The van der Waals surface area contributed by atoms with Crippen LogP contribution in [0.4, 0.5) is 9.59 Å². The van der Waals surface area contributed by atoms with E-state index in [4.69, 9.17) is 28.9 Å². The third-order valence-electron chi connectivity index (χ3n) is 13.9. The first-order valence-corrected chi connectivity index (χ1v) is 25.8. The molecular weight excluding hydrogens is 927 g/mol. The number of benzene rings is 1. The SMILES string of the molecule is CCn1c(-c2cccnc2[C@H](C)OC)c2c3cc(ccc31)-c1csc(n1)C[C@H](NC(=O)[C@H](C(C)C)N(C)C(=O)N1CCCOC13CN(C(=O)OC(C)(C)C)C3)C(=O)N1CCC[C@H](N1)C(=O)OCC(C)(C)C2. The molecule has 4 aliphatic rings. The number of aryl methyl sites for hydroxylation is 1. The van der Waals surface area contributed by atoms with Crippen molar-refractivity contribution in [2.24, 2.45) is 11.3 Å². The van der Waals surface area contributed by atoms with Crippen LogP contribution in [0.1, 0.15) is 104 Å². The average Bonchev–Trinajstić information content (AvgIpc) is 3.92. The molecule has 0 aliphatic carbocycles. The molecule has 0 unspecified atom stereocenters. The molecule has 2 N–H and O–H groups in total. The largest absolute Gasteiger partial charge is 0.464 e. The first-order valence-electron chi connectivity index (χ1n) is 24.9. The van der Waals surface area contributed by atoms with Gasteiger partial charge in [0.1, 0.15) is 23.7 Å². The maximum absolute atomic E-state index is 14.8. The molecular formula is C52H71N9O9S. The Balaban J connectivity index is 1.12. The number of methoxy groups -OCH3 is 1. The number of hydrogen-bond acceptors (Lipinski definition) is 13. The molecule has 4 aromatic rings. The van der Waals surface area contributed by atoms with Crippen molar-refractivity contribution in [2.45, 2.75) is 137 Å². The van der Waals surface area contributed by atoms with Gasteiger partial charge in [-0.2, -0.15) is 0 Å². The summed E-state index contributed by atoms with van der Waals surface area (Å²) in [6.45, 7) is 19.5. The van der Waals surface area contributed by atoms with E-state index in [-0.39, 0.29) is 38.1 Å². The fourth-order valence-corrected chi connectivity index (χ4v) is 11.2. The van der Waals surface area contributed by atoms with Crippen molar-refractivity contribution < 1.29 is 42.9 Å². The van der Waals surface area contributed by atoms with Gasteiger partial charge in [-0.1, -0.05) is 33.8 Å². The molecule has 7 heterocycles. The number of esters is 1. The van der Waals surface area contributed by atoms with Gasteiger partial charge in [-0.15, -0.1) is 11.3 Å². The zero-order chi connectivity index (χ0) is 51.2. The maximum Gasteiger partial charge on any atom is 0.410 e. The van der Waals surface area contributed by atoms with E-state index in [9.17, 15) is 24.0 Å². The first-order chi connectivity index (χ1) is 33.6. The van der Waals surface area contributed by atoms with Gasteiger partial charge in [0, 0.05) is 79.2 Å². The molecule has 19 heteroatoms. The van der Waals surface area contributed by atoms with E-state index < -0.39 is 64.8 Å². The summed E-state index contributed by atoms with van der Waals surface area (Å²) >= 11 is 1.40. The van der Waals surface area contributed by atoms with Gasteiger partial charge in [0.25, 0.3) is 5.91 Å². The Labute approximate surface area is 420 Å². The van der Waals surface area contributed by atoms with E-state index in [0.717, 1.165) is 44.7 Å². The van der Waals surface area contributed by atoms with E-state index in [1.807, 2.05) is 32.2 Å². The standard InChI is InChI=1S/C52H71N9O9S/c1-12-59-40-19-18-33-24-35(40)36(44(59)34-16-13-20-53-42(34)32(4)67-11)26-51(8,9)30-68-47(64)37-17-14-22-61(56-37)46(63)38(25-41-54-39(33)27-71-41)55-45(62)43(31(2)3)57(10)48(65)60-21-15-23-69-52(60)28-58(29-52)49(66)70-50(5,6)7/h13,16,18-20,24,27,31-32,37-38,43,56H,12,14-15,17,21-23,25-26,28-30H2,1-11H3,(H,55,62)/t32-,37-,38-,43-/m0/s1. The molecule has 8 rings (SSSR count). The average molecular weight is 998 g/mol. The van der Waals surface area contributed by atoms with Crippen LogP contribution in [0.15, 0.2) is 41.9 Å². The highest BCUT2D eigenvalue weighted by molar-refractivity contribution is 7.10. The lowest BCUT2D eigenvalue weighted by Crippen LogP contribution is -2.76. The van der Waals surface area contributed by atoms with Crippen LogP contribution in [0.5, 0.6) is 0 Å². The fourth-order valence-electron chi connectivity index (χ4n) is 10.4. The number of cyclic esters (lactones) is 1. The minimum absolute atomic E-state index is 0.0497. The van der Waals surface area contributed by atoms with Gasteiger partial charge in [-0.25, -0.2) is 20.0 Å². The Bertz CT molecular complexity index is 2650. The number of aromatic nitrogens is 3. The molecule has 6 bridgehead atoms. The number of urea groups is 1. The second-order valence-corrected chi connectivity index (χ2v) is 22.4. The molecule has 3 fully saturated rings. The van der Waals surface area contributed by atoms with Crippen LogP contribution < -0.4 is 10.7 Å². The number of pyridine rings is 1. The first kappa shape index (κ1) is 51.7. The van der Waals surface area contributed by atoms with Gasteiger partial charge in [0.15, 0.2) is 5.72 Å². The van der Waals surface area contributed by atoms with E-state index in [1.165, 1.54) is 26.1 Å². The van der Waals surface area contributed by atoms with Crippen molar-refractivity contribution in [3.05, 3.63) is 58.2 Å². The molecule has 384 valence electrons. The highest BCUT2D eigenvalue weighted by Gasteiger charge is 2.56. The summed E-state index contributed by atoms with van der Waals surface area (Å²) in [6, 6.07) is 7.03. The molecule has 3 saturated heterocycles. The van der Waals surface area contributed by atoms with Gasteiger partial charge in [-0.05, 0) is 96.0 Å². The fraction of sp³-hybridized carbons (Fsp3) is 0.596. The molecule has 3 aromatic heterocycles. The van der Waals surface area contributed by atoms with Crippen LogP contribution in [0.25, 0.3) is 33.4 Å². The summed E-state index contributed by atoms with van der Waals surface area (Å²) in [7, 11) is 3.26. The van der Waals surface area contributed by atoms with Gasteiger partial charge in [0.2, 0.25) is 5.91 Å². The molecule has 4 atom stereocenters. The number of amides is 5. The molecule has 71 heavy (non-hydrogen) atoms. The second-order valence-electron chi connectivity index (χ2n) is 21.5. The second kappa shape index (κ2) is 20.5. The zero-order valence-electron chi connectivity index (χ0n) is 43.1. The Kier molecular flexibility index (Phi) is 14.9. The summed E-state index contributed by atoms with van der Waals surface area (Å²) in [4.78, 5) is 85.4. The highest BCUT2D eigenvalue weighted by Crippen LogP contribution is 2.42. The van der Waals surface area contributed by atoms with Gasteiger partial charge in [0.05, 0.1) is 54.5 Å². The lowest BCUT2D eigenvalue weighted by Gasteiger charge is -2.57. The normalized spacial score (nSPS) is 21.3. The van der Waals surface area contributed by atoms with Crippen LogP contribution in [-0.2, 0) is 52.7 Å². The van der Waals surface area contributed by atoms with E-state index in [2.05, 4.69) is 60.3 Å². The quantitative estimate of drug-likeness (QED) is 0.173. The van der Waals surface area contributed by atoms with Crippen molar-refractivity contribution in [2.75, 3.05) is 53.6 Å².